The Hall–Kier alpha value is -2.31. The number of halogens is 1. The average Bonchev–Trinajstić information content (AvgIpc) is 2.92. The van der Waals surface area contributed by atoms with Crippen LogP contribution in [0, 0.1) is 0 Å². The summed E-state index contributed by atoms with van der Waals surface area (Å²) in [4.78, 5) is 29.3. The van der Waals surface area contributed by atoms with Crippen LogP contribution >= 0.6 is 11.6 Å². The Kier molecular flexibility index (Phi) is 13.8. The Morgan fingerprint density at radius 2 is 1.55 bits per heavy atom. The second-order valence-electron chi connectivity index (χ2n) is 10.4. The fraction of sp³-hybridized carbons (Fsp3) is 0.613. The Morgan fingerprint density at radius 1 is 0.921 bits per heavy atom. The monoisotopic (exact) mass is 544 g/mol. The van der Waals surface area contributed by atoms with Crippen LogP contribution in [0.1, 0.15) is 95.3 Å². The van der Waals surface area contributed by atoms with E-state index in [1.54, 1.807) is 6.07 Å². The van der Waals surface area contributed by atoms with Crippen LogP contribution < -0.4 is 10.2 Å². The molecule has 0 N–H and O–H groups in total. The molecule has 1 aliphatic rings. The van der Waals surface area contributed by atoms with E-state index in [2.05, 4.69) is 11.8 Å². The van der Waals surface area contributed by atoms with E-state index in [1.807, 2.05) is 23.1 Å². The van der Waals surface area contributed by atoms with Gasteiger partial charge >= 0.3 is 0 Å². The van der Waals surface area contributed by atoms with Crippen LogP contribution in [0.3, 0.4) is 0 Å². The Labute approximate surface area is 233 Å². The number of unbranched alkanes of at least 4 members (excludes halogenated alkanes) is 10. The van der Waals surface area contributed by atoms with Gasteiger partial charge < -0.3 is 14.1 Å². The van der Waals surface area contributed by atoms with Crippen molar-refractivity contribution in [1.29, 1.82) is 0 Å². The molecule has 1 amide bonds. The summed E-state index contributed by atoms with van der Waals surface area (Å²) >= 11 is 6.15. The van der Waals surface area contributed by atoms with Crippen LogP contribution in [0.25, 0.3) is 0 Å². The molecule has 0 atom stereocenters. The first kappa shape index (κ1) is 30.2. The molecule has 2 aromatic rings. The van der Waals surface area contributed by atoms with Gasteiger partial charge in [0.25, 0.3) is 0 Å². The van der Waals surface area contributed by atoms with Crippen molar-refractivity contribution < 1.29 is 13.9 Å². The molecule has 1 aromatic carbocycles. The van der Waals surface area contributed by atoms with Crippen molar-refractivity contribution in [3.63, 3.8) is 0 Å². The van der Waals surface area contributed by atoms with Crippen LogP contribution in [-0.4, -0.2) is 41.9 Å². The molecule has 2 heterocycles. The average molecular weight is 545 g/mol. The molecule has 6 nitrogen and oxygen atoms in total. The highest BCUT2D eigenvalue weighted by molar-refractivity contribution is 6.31. The summed E-state index contributed by atoms with van der Waals surface area (Å²) in [5.74, 6) is 1.04. The van der Waals surface area contributed by atoms with Crippen LogP contribution in [0.15, 0.2) is 45.8 Å². The second kappa shape index (κ2) is 17.3. The standard InChI is InChI=1S/C31H45ClN2O4/c1-2-3-4-5-6-7-8-9-10-11-12-17-31(36)34-20-18-33(19-21-34)23-27-22-29(35)30(25-37-27)38-24-26-15-13-14-16-28(26)32/h13-16,22,25H,2-12,17-21,23-24H2,1H3. The highest BCUT2D eigenvalue weighted by atomic mass is 35.5. The molecule has 38 heavy (non-hydrogen) atoms. The van der Waals surface area contributed by atoms with Crippen molar-refractivity contribution in [3.05, 3.63) is 63.2 Å². The molecule has 1 aliphatic heterocycles. The van der Waals surface area contributed by atoms with Gasteiger partial charge in [0.05, 0.1) is 6.54 Å². The van der Waals surface area contributed by atoms with Crippen LogP contribution in [0.2, 0.25) is 5.02 Å². The molecule has 1 saturated heterocycles. The molecule has 0 bridgehead atoms. The zero-order valence-electron chi connectivity index (χ0n) is 23.1. The van der Waals surface area contributed by atoms with Gasteiger partial charge in [0.15, 0.2) is 0 Å². The summed E-state index contributed by atoms with van der Waals surface area (Å²) in [5.41, 5.74) is 0.604. The smallest absolute Gasteiger partial charge is 0.227 e. The fourth-order valence-corrected chi connectivity index (χ4v) is 5.06. The first-order valence-electron chi connectivity index (χ1n) is 14.5. The maximum Gasteiger partial charge on any atom is 0.227 e. The fourth-order valence-electron chi connectivity index (χ4n) is 4.87. The summed E-state index contributed by atoms with van der Waals surface area (Å²) in [5, 5.41) is 0.602. The van der Waals surface area contributed by atoms with Gasteiger partial charge in [0.2, 0.25) is 17.1 Å². The number of nitrogens with zero attached hydrogens (tertiary/aromatic N) is 2. The maximum absolute atomic E-state index is 12.6. The lowest BCUT2D eigenvalue weighted by molar-refractivity contribution is -0.133. The highest BCUT2D eigenvalue weighted by Crippen LogP contribution is 2.18. The molecular formula is C31H45ClN2O4. The highest BCUT2D eigenvalue weighted by Gasteiger charge is 2.21. The van der Waals surface area contributed by atoms with Gasteiger partial charge in [-0.15, -0.1) is 0 Å². The van der Waals surface area contributed by atoms with Crippen molar-refractivity contribution in [2.24, 2.45) is 0 Å². The van der Waals surface area contributed by atoms with Crippen molar-refractivity contribution in [2.75, 3.05) is 26.2 Å². The van der Waals surface area contributed by atoms with E-state index >= 15 is 0 Å². The minimum atomic E-state index is -0.209. The lowest BCUT2D eigenvalue weighted by atomic mass is 10.1. The summed E-state index contributed by atoms with van der Waals surface area (Å²) in [6.45, 7) is 6.01. The number of hydrogen-bond donors (Lipinski definition) is 0. The van der Waals surface area contributed by atoms with Crippen LogP contribution in [0.4, 0.5) is 0 Å². The van der Waals surface area contributed by atoms with E-state index in [-0.39, 0.29) is 23.7 Å². The summed E-state index contributed by atoms with van der Waals surface area (Å²) in [6.07, 6.45) is 16.2. The van der Waals surface area contributed by atoms with E-state index in [1.165, 1.54) is 70.1 Å². The molecule has 0 aliphatic carbocycles. The Bertz CT molecular complexity index is 1020. The third-order valence-electron chi connectivity index (χ3n) is 7.29. The van der Waals surface area contributed by atoms with Crippen LogP contribution in [0.5, 0.6) is 5.75 Å². The van der Waals surface area contributed by atoms with Crippen molar-refractivity contribution in [1.82, 2.24) is 9.80 Å². The first-order chi connectivity index (χ1) is 18.6. The molecule has 7 heteroatoms. The van der Waals surface area contributed by atoms with Gasteiger partial charge in [-0.3, -0.25) is 14.5 Å². The predicted molar refractivity (Wildman–Crippen MR) is 154 cm³/mol. The predicted octanol–water partition coefficient (Wildman–Crippen LogP) is 7.22. The minimum Gasteiger partial charge on any atom is -0.482 e. The molecule has 3 rings (SSSR count). The molecule has 0 unspecified atom stereocenters. The number of hydrogen-bond acceptors (Lipinski definition) is 5. The number of piperazine rings is 1. The van der Waals surface area contributed by atoms with Gasteiger partial charge in [-0.2, -0.15) is 0 Å². The quantitative estimate of drug-likeness (QED) is 0.197. The topological polar surface area (TPSA) is 63.0 Å². The normalized spacial score (nSPS) is 14.1. The lowest BCUT2D eigenvalue weighted by Crippen LogP contribution is -2.48. The molecule has 0 radical (unpaired) electrons. The van der Waals surface area contributed by atoms with Gasteiger partial charge in [-0.05, 0) is 12.5 Å². The van der Waals surface area contributed by atoms with Gasteiger partial charge in [0, 0.05) is 49.3 Å². The summed E-state index contributed by atoms with van der Waals surface area (Å²) in [7, 11) is 0. The van der Waals surface area contributed by atoms with Crippen molar-refractivity contribution in [2.45, 2.75) is 97.1 Å². The Balaban J connectivity index is 1.27. The third-order valence-corrected chi connectivity index (χ3v) is 7.66. The second-order valence-corrected chi connectivity index (χ2v) is 10.8. The molecule has 0 saturated carbocycles. The minimum absolute atomic E-state index is 0.173. The zero-order valence-corrected chi connectivity index (χ0v) is 23.9. The van der Waals surface area contributed by atoms with E-state index in [0.29, 0.717) is 23.7 Å². The van der Waals surface area contributed by atoms with Crippen molar-refractivity contribution in [3.8, 4) is 5.75 Å². The molecule has 1 fully saturated rings. The number of benzene rings is 1. The number of carbonyl (C=O) groups excluding carboxylic acids is 1. The van der Waals surface area contributed by atoms with Gasteiger partial charge in [-0.25, -0.2) is 0 Å². The van der Waals surface area contributed by atoms with E-state index in [0.717, 1.165) is 44.6 Å². The lowest BCUT2D eigenvalue weighted by Gasteiger charge is -2.34. The molecular weight excluding hydrogens is 500 g/mol. The first-order valence-corrected chi connectivity index (χ1v) is 14.9. The van der Waals surface area contributed by atoms with Crippen molar-refractivity contribution >= 4 is 17.5 Å². The maximum atomic E-state index is 12.6. The van der Waals surface area contributed by atoms with E-state index in [9.17, 15) is 9.59 Å². The number of rotatable bonds is 17. The van der Waals surface area contributed by atoms with Gasteiger partial charge in [0.1, 0.15) is 18.6 Å². The zero-order chi connectivity index (χ0) is 27.0. The van der Waals surface area contributed by atoms with Gasteiger partial charge in [-0.1, -0.05) is 101 Å². The molecule has 210 valence electrons. The van der Waals surface area contributed by atoms with E-state index in [4.69, 9.17) is 20.8 Å². The third kappa shape index (κ3) is 10.8. The number of ether oxygens (including phenoxy) is 1. The SMILES string of the molecule is CCCCCCCCCCCCCC(=O)N1CCN(Cc2cc(=O)c(OCc3ccccc3Cl)co2)CC1. The van der Waals surface area contributed by atoms with Crippen LogP contribution in [-0.2, 0) is 17.9 Å². The Morgan fingerprint density at radius 3 is 2.18 bits per heavy atom. The largest absolute Gasteiger partial charge is 0.482 e. The number of amides is 1. The summed E-state index contributed by atoms with van der Waals surface area (Å²) in [6, 6.07) is 8.87. The molecule has 1 aromatic heterocycles. The molecule has 0 spiro atoms. The van der Waals surface area contributed by atoms with E-state index < -0.39 is 0 Å². The summed E-state index contributed by atoms with van der Waals surface area (Å²) < 4.78 is 11.3. The number of carbonyl (C=O) groups is 1.